The van der Waals surface area contributed by atoms with Gasteiger partial charge in [-0.15, -0.1) is 0 Å². The monoisotopic (exact) mass is 682 g/mol. The van der Waals surface area contributed by atoms with Crippen LogP contribution < -0.4 is 0 Å². The van der Waals surface area contributed by atoms with E-state index in [4.69, 9.17) is 5.11 Å². The molecule has 8 atom stereocenters. The van der Waals surface area contributed by atoms with Gasteiger partial charge < -0.3 is 25.5 Å². The first kappa shape index (κ1) is 39.8. The van der Waals surface area contributed by atoms with E-state index in [0.717, 1.165) is 5.75 Å². The largest absolute Gasteiger partial charge is 0.481 e. The quantitative estimate of drug-likeness (QED) is 0.114. The van der Waals surface area contributed by atoms with Gasteiger partial charge in [-0.25, -0.2) is 4.39 Å². The Labute approximate surface area is 284 Å². The number of Topliss-reactive ketones (excluding diaryl/α,β-unsaturated/α-hetero) is 1. The summed E-state index contributed by atoms with van der Waals surface area (Å²) in [6.45, 7) is 4.60. The van der Waals surface area contributed by atoms with Crippen molar-refractivity contribution in [2.24, 2.45) is 22.7 Å². The highest BCUT2D eigenvalue weighted by molar-refractivity contribution is 7.99. The number of allylic oxidation sites excluding steroid dienone is 4. The SMILES string of the molecule is CCCCCCCCCCCCCCSCC(=O)O.C[C@]12C=CC(=O)C=C1CC[C@H]1[C@@H]3C[C@@H](O)[C@](O)(C(=O)CO)[C@@]3(C)C[C@H](O)[C@@]12F. The molecule has 0 aromatic carbocycles. The third-order valence-electron chi connectivity index (χ3n) is 11.8. The van der Waals surface area contributed by atoms with Crippen molar-refractivity contribution in [1.29, 1.82) is 0 Å². The normalized spacial score (nSPS) is 35.7. The second kappa shape index (κ2) is 17.4. The second-order valence-electron chi connectivity index (χ2n) is 14.7. The molecule has 0 bridgehead atoms. The molecular formula is C37H59FO8S. The van der Waals surface area contributed by atoms with E-state index in [1.807, 2.05) is 0 Å². The summed E-state index contributed by atoms with van der Waals surface area (Å²) in [5.74, 6) is -1.80. The number of alkyl halides is 1. The smallest absolute Gasteiger partial charge is 0.313 e. The molecule has 0 saturated heterocycles. The van der Waals surface area contributed by atoms with Crippen LogP contribution in [0, 0.1) is 22.7 Å². The number of carboxylic acid groups (broad SMARTS) is 1. The second-order valence-corrected chi connectivity index (χ2v) is 15.8. The molecule has 4 aliphatic carbocycles. The molecule has 4 aliphatic rings. The standard InChI is InChI=1S/C21H27FO6.C16H32O2S/c1-18-6-5-12(24)7-11(18)3-4-13-14-8-15(25)21(28,17(27)10-23)19(14,2)9-16(26)20(13,18)22;1-2-3-4-5-6-7-8-9-10-11-12-13-14-19-15-16(17)18/h5-7,13-16,23,25-26,28H,3-4,8-10H2,1-2H3;2-15H2,1H3,(H,17,18)/t13-,14-,15+,16-,18-,19-,20-,21-;/m0./s1. The minimum atomic E-state index is -2.23. The Balaban J connectivity index is 0.000000279. The predicted molar refractivity (Wildman–Crippen MR) is 183 cm³/mol. The lowest BCUT2D eigenvalue weighted by Gasteiger charge is -2.62. The topological polar surface area (TPSA) is 152 Å². The molecule has 47 heavy (non-hydrogen) atoms. The van der Waals surface area contributed by atoms with Crippen molar-refractivity contribution < 1.29 is 44.3 Å². The number of unbranched alkanes of at least 4 members (excludes halogenated alkanes) is 11. The molecule has 0 spiro atoms. The molecule has 0 aromatic rings. The van der Waals surface area contributed by atoms with Crippen LogP contribution in [0.5, 0.6) is 0 Å². The maximum Gasteiger partial charge on any atom is 0.313 e. The number of fused-ring (bicyclic) bond motifs is 5. The highest BCUT2D eigenvalue weighted by Crippen LogP contribution is 2.69. The number of aliphatic hydroxyl groups excluding tert-OH is 3. The Morgan fingerprint density at radius 2 is 1.51 bits per heavy atom. The Morgan fingerprint density at radius 3 is 2.06 bits per heavy atom. The van der Waals surface area contributed by atoms with Crippen molar-refractivity contribution in [1.82, 2.24) is 0 Å². The lowest BCUT2D eigenvalue weighted by atomic mass is 9.44. The van der Waals surface area contributed by atoms with Gasteiger partial charge in [-0.3, -0.25) is 14.4 Å². The van der Waals surface area contributed by atoms with E-state index in [9.17, 15) is 34.8 Å². The minimum absolute atomic E-state index is 0.0135. The molecular weight excluding hydrogens is 623 g/mol. The van der Waals surface area contributed by atoms with Crippen LogP contribution in [-0.4, -0.2) is 84.7 Å². The molecule has 268 valence electrons. The summed E-state index contributed by atoms with van der Waals surface area (Å²) in [5, 5.41) is 50.6. The summed E-state index contributed by atoms with van der Waals surface area (Å²) in [4.78, 5) is 34.5. The van der Waals surface area contributed by atoms with E-state index in [1.165, 1.54) is 95.3 Å². The fourth-order valence-corrected chi connectivity index (χ4v) is 9.78. The molecule has 3 saturated carbocycles. The first-order chi connectivity index (χ1) is 22.2. The zero-order valence-electron chi connectivity index (χ0n) is 28.7. The van der Waals surface area contributed by atoms with E-state index in [2.05, 4.69) is 6.92 Å². The molecule has 5 N–H and O–H groups in total. The van der Waals surface area contributed by atoms with Crippen LogP contribution in [-0.2, 0) is 14.4 Å². The van der Waals surface area contributed by atoms with Crippen LogP contribution >= 0.6 is 11.8 Å². The van der Waals surface area contributed by atoms with Crippen molar-refractivity contribution in [3.8, 4) is 0 Å². The van der Waals surface area contributed by atoms with Crippen molar-refractivity contribution >= 4 is 29.3 Å². The van der Waals surface area contributed by atoms with Crippen LogP contribution in [0.25, 0.3) is 0 Å². The Morgan fingerprint density at radius 1 is 0.936 bits per heavy atom. The molecule has 0 amide bonds. The van der Waals surface area contributed by atoms with Gasteiger partial charge in [-0.1, -0.05) is 96.1 Å². The van der Waals surface area contributed by atoms with E-state index >= 15 is 4.39 Å². The predicted octanol–water partition coefficient (Wildman–Crippen LogP) is 6.13. The van der Waals surface area contributed by atoms with Crippen molar-refractivity contribution in [3.05, 3.63) is 23.8 Å². The van der Waals surface area contributed by atoms with Gasteiger partial charge in [0, 0.05) is 16.7 Å². The summed E-state index contributed by atoms with van der Waals surface area (Å²) < 4.78 is 16.8. The first-order valence-electron chi connectivity index (χ1n) is 17.9. The summed E-state index contributed by atoms with van der Waals surface area (Å²) >= 11 is 1.54. The fraction of sp³-hybridized carbons (Fsp3) is 0.811. The highest BCUT2D eigenvalue weighted by atomic mass is 32.2. The van der Waals surface area contributed by atoms with E-state index in [1.54, 1.807) is 25.6 Å². The van der Waals surface area contributed by atoms with Crippen LogP contribution in [0.3, 0.4) is 0 Å². The number of carboxylic acids is 1. The summed E-state index contributed by atoms with van der Waals surface area (Å²) in [7, 11) is 0. The van der Waals surface area contributed by atoms with Gasteiger partial charge in [0.05, 0.1) is 18.0 Å². The number of aliphatic hydroxyl groups is 4. The summed E-state index contributed by atoms with van der Waals surface area (Å²) in [6, 6.07) is 0. The van der Waals surface area contributed by atoms with Crippen molar-refractivity contribution in [2.45, 2.75) is 147 Å². The number of hydrogen-bond acceptors (Lipinski definition) is 8. The number of ketones is 2. The fourth-order valence-electron chi connectivity index (χ4n) is 9.05. The van der Waals surface area contributed by atoms with Gasteiger partial charge in [0.2, 0.25) is 0 Å². The third-order valence-corrected chi connectivity index (χ3v) is 12.8. The number of carbonyl (C=O) groups excluding carboxylic acids is 2. The Kier molecular flexibility index (Phi) is 14.7. The Bertz CT molecular complexity index is 1140. The number of carbonyl (C=O) groups is 3. The lowest BCUT2D eigenvalue weighted by molar-refractivity contribution is -0.222. The molecule has 0 radical (unpaired) electrons. The molecule has 4 rings (SSSR count). The number of rotatable bonds is 17. The average molecular weight is 683 g/mol. The third kappa shape index (κ3) is 8.25. The number of thioether (sulfide) groups is 1. The lowest BCUT2D eigenvalue weighted by Crippen LogP contribution is -2.69. The van der Waals surface area contributed by atoms with E-state index in [-0.39, 0.29) is 24.4 Å². The van der Waals surface area contributed by atoms with Crippen molar-refractivity contribution in [3.63, 3.8) is 0 Å². The van der Waals surface area contributed by atoms with Crippen molar-refractivity contribution in [2.75, 3.05) is 18.1 Å². The molecule has 0 aromatic heterocycles. The zero-order chi connectivity index (χ0) is 34.9. The maximum absolute atomic E-state index is 16.8. The number of halogens is 1. The molecule has 10 heteroatoms. The van der Waals surface area contributed by atoms with Crippen LogP contribution in [0.15, 0.2) is 23.8 Å². The molecule has 0 aliphatic heterocycles. The zero-order valence-corrected chi connectivity index (χ0v) is 29.5. The average Bonchev–Trinajstić information content (AvgIpc) is 3.23. The van der Waals surface area contributed by atoms with E-state index < -0.39 is 64.5 Å². The number of hydrogen-bond donors (Lipinski definition) is 5. The van der Waals surface area contributed by atoms with Gasteiger partial charge in [0.25, 0.3) is 0 Å². The molecule has 8 nitrogen and oxygen atoms in total. The van der Waals surface area contributed by atoms with Gasteiger partial charge in [-0.05, 0) is 62.9 Å². The Hall–Kier alpha value is -1.59. The highest BCUT2D eigenvalue weighted by Gasteiger charge is 2.76. The van der Waals surface area contributed by atoms with Gasteiger partial charge in [0.15, 0.2) is 22.8 Å². The van der Waals surface area contributed by atoms with Crippen LogP contribution in [0.1, 0.15) is 124 Å². The maximum atomic E-state index is 16.8. The van der Waals surface area contributed by atoms with Gasteiger partial charge in [0.1, 0.15) is 6.61 Å². The summed E-state index contributed by atoms with van der Waals surface area (Å²) in [5.41, 5.74) is -6.12. The van der Waals surface area contributed by atoms with Crippen LogP contribution in [0.4, 0.5) is 4.39 Å². The summed E-state index contributed by atoms with van der Waals surface area (Å²) in [6.07, 6.45) is 18.3. The first-order valence-corrected chi connectivity index (χ1v) is 19.0. The number of aliphatic carboxylic acids is 1. The minimum Gasteiger partial charge on any atom is -0.481 e. The molecule has 3 fully saturated rings. The molecule has 0 heterocycles. The van der Waals surface area contributed by atoms with Gasteiger partial charge in [-0.2, -0.15) is 11.8 Å². The molecule has 0 unspecified atom stereocenters. The van der Waals surface area contributed by atoms with E-state index in [0.29, 0.717) is 18.4 Å². The van der Waals surface area contributed by atoms with Crippen LogP contribution in [0.2, 0.25) is 0 Å². The van der Waals surface area contributed by atoms with Gasteiger partial charge >= 0.3 is 5.97 Å².